The highest BCUT2D eigenvalue weighted by Gasteiger charge is 1.95. The van der Waals surface area contributed by atoms with Crippen LogP contribution in [0, 0.1) is 0 Å². The maximum absolute atomic E-state index is 10.8. The molecule has 0 radical (unpaired) electrons. The van der Waals surface area contributed by atoms with Crippen LogP contribution in [0.2, 0.25) is 0 Å². The van der Waals surface area contributed by atoms with Crippen LogP contribution < -0.4 is 5.56 Å². The van der Waals surface area contributed by atoms with Gasteiger partial charge in [0.2, 0.25) is 0 Å². The fraction of sp³-hybridized carbons (Fsp3) is 0. The van der Waals surface area contributed by atoms with Crippen LogP contribution in [-0.4, -0.2) is 10.2 Å². The molecule has 3 nitrogen and oxygen atoms in total. The molecule has 0 amide bonds. The van der Waals surface area contributed by atoms with Gasteiger partial charge in [-0.2, -0.15) is 5.10 Å². The minimum absolute atomic E-state index is 0.176. The zero-order valence-electron chi connectivity index (χ0n) is 6.04. The summed E-state index contributed by atoms with van der Waals surface area (Å²) in [6.45, 7) is 0. The van der Waals surface area contributed by atoms with Gasteiger partial charge in [0.05, 0.1) is 5.52 Å². The molecule has 0 aliphatic carbocycles. The second kappa shape index (κ2) is 2.71. The van der Waals surface area contributed by atoms with Gasteiger partial charge in [-0.1, -0.05) is 22.0 Å². The molecule has 1 aromatic carbocycles. The van der Waals surface area contributed by atoms with Gasteiger partial charge in [0.15, 0.2) is 0 Å². The molecule has 4 heteroatoms. The monoisotopic (exact) mass is 224 g/mol. The van der Waals surface area contributed by atoms with E-state index < -0.39 is 0 Å². The first-order chi connectivity index (χ1) is 5.75. The van der Waals surface area contributed by atoms with Crippen molar-refractivity contribution in [3.63, 3.8) is 0 Å². The number of H-pyrrole nitrogens is 1. The minimum Gasteiger partial charge on any atom is -0.268 e. The summed E-state index contributed by atoms with van der Waals surface area (Å²) in [5, 5.41) is 7.10. The molecular formula is C8H5BrN2O. The molecule has 0 unspecified atom stereocenters. The zero-order valence-corrected chi connectivity index (χ0v) is 7.63. The quantitative estimate of drug-likeness (QED) is 0.741. The summed E-state index contributed by atoms with van der Waals surface area (Å²) in [5.74, 6) is 0. The summed E-state index contributed by atoms with van der Waals surface area (Å²) in [5.41, 5.74) is 0.605. The third-order valence-corrected chi connectivity index (χ3v) is 2.06. The molecule has 1 N–H and O–H groups in total. The highest BCUT2D eigenvalue weighted by molar-refractivity contribution is 9.10. The molecule has 2 aromatic rings. The molecule has 1 heterocycles. The molecular weight excluding hydrogens is 220 g/mol. The number of nitrogens with one attached hydrogen (secondary N) is 1. The van der Waals surface area contributed by atoms with E-state index in [9.17, 15) is 4.79 Å². The van der Waals surface area contributed by atoms with E-state index in [1.807, 2.05) is 18.2 Å². The molecule has 0 aliphatic heterocycles. The van der Waals surface area contributed by atoms with E-state index in [0.29, 0.717) is 0 Å². The van der Waals surface area contributed by atoms with Crippen molar-refractivity contribution in [1.29, 1.82) is 0 Å². The van der Waals surface area contributed by atoms with Gasteiger partial charge in [0.25, 0.3) is 5.56 Å². The van der Waals surface area contributed by atoms with Crippen LogP contribution in [-0.2, 0) is 0 Å². The number of halogens is 1. The van der Waals surface area contributed by atoms with Crippen molar-refractivity contribution in [2.45, 2.75) is 0 Å². The topological polar surface area (TPSA) is 45.8 Å². The van der Waals surface area contributed by atoms with Crippen molar-refractivity contribution >= 4 is 26.8 Å². The summed E-state index contributed by atoms with van der Waals surface area (Å²) >= 11 is 3.32. The van der Waals surface area contributed by atoms with E-state index in [4.69, 9.17) is 0 Å². The molecule has 0 aliphatic rings. The van der Waals surface area contributed by atoms with E-state index in [0.717, 1.165) is 15.4 Å². The van der Waals surface area contributed by atoms with E-state index in [1.54, 1.807) is 0 Å². The smallest absolute Gasteiger partial charge is 0.264 e. The average molecular weight is 225 g/mol. The van der Waals surface area contributed by atoms with Crippen molar-refractivity contribution in [3.8, 4) is 0 Å². The minimum atomic E-state index is -0.176. The van der Waals surface area contributed by atoms with Crippen LogP contribution in [0.4, 0.5) is 0 Å². The van der Waals surface area contributed by atoms with Gasteiger partial charge in [-0.25, -0.2) is 5.10 Å². The van der Waals surface area contributed by atoms with E-state index in [1.165, 1.54) is 6.07 Å². The number of aromatic nitrogens is 2. The van der Waals surface area contributed by atoms with Crippen LogP contribution in [0.25, 0.3) is 10.9 Å². The Balaban J connectivity index is 2.87. The third-order valence-electron chi connectivity index (χ3n) is 1.57. The predicted molar refractivity (Wildman–Crippen MR) is 50.1 cm³/mol. The molecule has 12 heavy (non-hydrogen) atoms. The molecule has 0 bridgehead atoms. The molecule has 60 valence electrons. The lowest BCUT2D eigenvalue weighted by Gasteiger charge is -1.94. The Morgan fingerprint density at radius 2 is 2.17 bits per heavy atom. The average Bonchev–Trinajstić information content (AvgIpc) is 2.05. The third kappa shape index (κ3) is 1.25. The lowest BCUT2D eigenvalue weighted by Crippen LogP contribution is -2.05. The van der Waals surface area contributed by atoms with Gasteiger partial charge in [-0.15, -0.1) is 0 Å². The van der Waals surface area contributed by atoms with Crippen LogP contribution in [0.15, 0.2) is 33.5 Å². The fourth-order valence-electron chi connectivity index (χ4n) is 1.02. The number of rotatable bonds is 0. The van der Waals surface area contributed by atoms with Crippen molar-refractivity contribution in [3.05, 3.63) is 39.1 Å². The predicted octanol–water partition coefficient (Wildman–Crippen LogP) is 1.69. The maximum Gasteiger partial charge on any atom is 0.264 e. The molecule has 0 spiro atoms. The lowest BCUT2D eigenvalue weighted by atomic mass is 10.2. The van der Waals surface area contributed by atoms with Crippen LogP contribution >= 0.6 is 15.9 Å². The summed E-state index contributed by atoms with van der Waals surface area (Å²) in [6, 6.07) is 7.10. The highest BCUT2D eigenvalue weighted by atomic mass is 79.9. The first kappa shape index (κ1) is 7.49. The fourth-order valence-corrected chi connectivity index (χ4v) is 1.37. The normalized spacial score (nSPS) is 10.4. The number of fused-ring (bicyclic) bond motifs is 1. The first-order valence-electron chi connectivity index (χ1n) is 3.41. The highest BCUT2D eigenvalue weighted by Crippen LogP contribution is 2.15. The van der Waals surface area contributed by atoms with Gasteiger partial charge in [0, 0.05) is 15.9 Å². The SMILES string of the molecule is O=c1cc2ccc(Br)cc2n[nH]1. The summed E-state index contributed by atoms with van der Waals surface area (Å²) in [7, 11) is 0. The molecule has 0 saturated heterocycles. The number of aromatic amines is 1. The van der Waals surface area contributed by atoms with Crippen LogP contribution in [0.1, 0.15) is 0 Å². The van der Waals surface area contributed by atoms with Gasteiger partial charge in [-0.3, -0.25) is 4.79 Å². The van der Waals surface area contributed by atoms with Crippen LogP contribution in [0.3, 0.4) is 0 Å². The molecule has 0 fully saturated rings. The van der Waals surface area contributed by atoms with Gasteiger partial charge in [0.1, 0.15) is 0 Å². The number of nitrogens with zero attached hydrogens (tertiary/aromatic N) is 1. The van der Waals surface area contributed by atoms with Gasteiger partial charge >= 0.3 is 0 Å². The Morgan fingerprint density at radius 1 is 1.33 bits per heavy atom. The number of hydrogen-bond donors (Lipinski definition) is 1. The zero-order chi connectivity index (χ0) is 8.55. The van der Waals surface area contributed by atoms with Crippen molar-refractivity contribution in [1.82, 2.24) is 10.2 Å². The summed E-state index contributed by atoms with van der Waals surface area (Å²) < 4.78 is 0.953. The Bertz CT molecular complexity index is 478. The van der Waals surface area contributed by atoms with Crippen LogP contribution in [0.5, 0.6) is 0 Å². The summed E-state index contributed by atoms with van der Waals surface area (Å²) in [4.78, 5) is 10.8. The van der Waals surface area contributed by atoms with Crippen molar-refractivity contribution < 1.29 is 0 Å². The van der Waals surface area contributed by atoms with Crippen molar-refractivity contribution in [2.75, 3.05) is 0 Å². The molecule has 0 saturated carbocycles. The molecule has 0 atom stereocenters. The van der Waals surface area contributed by atoms with Crippen molar-refractivity contribution in [2.24, 2.45) is 0 Å². The standard InChI is InChI=1S/C8H5BrN2O/c9-6-2-1-5-3-8(12)11-10-7(5)4-6/h1-4H,(H,11,12). The Kier molecular flexibility index (Phi) is 1.69. The first-order valence-corrected chi connectivity index (χ1v) is 4.20. The second-order valence-electron chi connectivity index (χ2n) is 2.44. The molecule has 2 rings (SSSR count). The molecule has 1 aromatic heterocycles. The second-order valence-corrected chi connectivity index (χ2v) is 3.35. The Labute approximate surface area is 76.5 Å². The number of benzene rings is 1. The van der Waals surface area contributed by atoms with E-state index in [2.05, 4.69) is 26.1 Å². The Hall–Kier alpha value is -1.16. The van der Waals surface area contributed by atoms with Gasteiger partial charge in [-0.05, 0) is 12.1 Å². The van der Waals surface area contributed by atoms with E-state index in [-0.39, 0.29) is 5.56 Å². The lowest BCUT2D eigenvalue weighted by molar-refractivity contribution is 1.03. The maximum atomic E-state index is 10.8. The summed E-state index contributed by atoms with van der Waals surface area (Å²) in [6.07, 6.45) is 0. The Morgan fingerprint density at radius 3 is 3.00 bits per heavy atom. The van der Waals surface area contributed by atoms with Gasteiger partial charge < -0.3 is 0 Å². The number of hydrogen-bond acceptors (Lipinski definition) is 2. The largest absolute Gasteiger partial charge is 0.268 e. The van der Waals surface area contributed by atoms with E-state index >= 15 is 0 Å².